The van der Waals surface area contributed by atoms with Crippen molar-refractivity contribution in [2.75, 3.05) is 20.3 Å². The van der Waals surface area contributed by atoms with Crippen molar-refractivity contribution in [3.05, 3.63) is 69.8 Å². The molecular formula is C19H18N4O5. The molecule has 0 bridgehead atoms. The summed E-state index contributed by atoms with van der Waals surface area (Å²) in [4.78, 5) is 25.2. The van der Waals surface area contributed by atoms with Crippen LogP contribution in [0.2, 0.25) is 0 Å². The molecule has 0 fully saturated rings. The zero-order chi connectivity index (χ0) is 19.7. The Hall–Kier alpha value is -3.46. The van der Waals surface area contributed by atoms with Crippen LogP contribution in [0.1, 0.15) is 34.3 Å². The summed E-state index contributed by atoms with van der Waals surface area (Å²) >= 11 is 0. The Labute approximate surface area is 160 Å². The average Bonchev–Trinajstić information content (AvgIpc) is 3.41. The second kappa shape index (κ2) is 7.28. The van der Waals surface area contributed by atoms with Gasteiger partial charge in [-0.3, -0.25) is 20.0 Å². The van der Waals surface area contributed by atoms with Gasteiger partial charge >= 0.3 is 0 Å². The number of ether oxygens (including phenoxy) is 1. The van der Waals surface area contributed by atoms with E-state index in [2.05, 4.69) is 10.2 Å². The molecule has 0 radical (unpaired) electrons. The van der Waals surface area contributed by atoms with Crippen LogP contribution in [0, 0.1) is 10.1 Å². The van der Waals surface area contributed by atoms with Crippen LogP contribution in [-0.2, 0) is 4.74 Å². The van der Waals surface area contributed by atoms with Crippen molar-refractivity contribution in [1.29, 1.82) is 0 Å². The average molecular weight is 382 g/mol. The van der Waals surface area contributed by atoms with Gasteiger partial charge in [-0.25, -0.2) is 0 Å². The number of furan rings is 1. The van der Waals surface area contributed by atoms with Gasteiger partial charge in [0.25, 0.3) is 11.6 Å². The number of nitro groups is 1. The van der Waals surface area contributed by atoms with Crippen molar-refractivity contribution in [1.82, 2.24) is 15.1 Å². The molecule has 1 N–H and O–H groups in total. The number of carbonyl (C=O) groups is 1. The maximum Gasteiger partial charge on any atom is 0.273 e. The molecule has 1 atom stereocenters. The number of nitrogens with one attached hydrogen (secondary N) is 1. The first-order chi connectivity index (χ1) is 13.6. The third-order valence-corrected chi connectivity index (χ3v) is 4.78. The number of H-pyrrole nitrogens is 1. The predicted molar refractivity (Wildman–Crippen MR) is 98.8 cm³/mol. The summed E-state index contributed by atoms with van der Waals surface area (Å²) in [6, 6.07) is 9.28. The Kier molecular flexibility index (Phi) is 4.66. The molecule has 1 unspecified atom stereocenters. The zero-order valence-corrected chi connectivity index (χ0v) is 15.1. The molecular weight excluding hydrogens is 364 g/mol. The minimum Gasteiger partial charge on any atom is -0.467 e. The number of carbonyl (C=O) groups excluding carboxylic acids is 1. The molecule has 4 rings (SSSR count). The van der Waals surface area contributed by atoms with E-state index < -0.39 is 11.0 Å². The lowest BCUT2D eigenvalue weighted by atomic mass is 10.00. The van der Waals surface area contributed by atoms with Gasteiger partial charge in [-0.2, -0.15) is 5.10 Å². The Morgan fingerprint density at radius 3 is 2.75 bits per heavy atom. The number of methoxy groups -OCH3 is 1. The van der Waals surface area contributed by atoms with Gasteiger partial charge in [-0.15, -0.1) is 0 Å². The van der Waals surface area contributed by atoms with E-state index in [0.29, 0.717) is 47.8 Å². The number of non-ortho nitro benzene ring substituents is 1. The van der Waals surface area contributed by atoms with Gasteiger partial charge < -0.3 is 14.1 Å². The summed E-state index contributed by atoms with van der Waals surface area (Å²) in [5.41, 5.74) is 2.38. The second-order valence-corrected chi connectivity index (χ2v) is 6.43. The Balaban J connectivity index is 1.76. The fourth-order valence-electron chi connectivity index (χ4n) is 3.51. The van der Waals surface area contributed by atoms with Crippen LogP contribution in [0.15, 0.2) is 47.1 Å². The quantitative estimate of drug-likeness (QED) is 0.381. The molecule has 0 aliphatic carbocycles. The molecule has 3 heterocycles. The number of hydrogen-bond acceptors (Lipinski definition) is 6. The van der Waals surface area contributed by atoms with Gasteiger partial charge in [0.1, 0.15) is 17.5 Å². The Morgan fingerprint density at radius 1 is 1.32 bits per heavy atom. The fraction of sp³-hybridized carbons (Fsp3) is 0.263. The first kappa shape index (κ1) is 17.9. The van der Waals surface area contributed by atoms with E-state index in [4.69, 9.17) is 9.15 Å². The van der Waals surface area contributed by atoms with E-state index in [-0.39, 0.29) is 11.6 Å². The molecule has 0 saturated heterocycles. The Morgan fingerprint density at radius 2 is 2.11 bits per heavy atom. The van der Waals surface area contributed by atoms with Crippen molar-refractivity contribution in [2.45, 2.75) is 12.5 Å². The lowest BCUT2D eigenvalue weighted by Crippen LogP contribution is -2.31. The number of fused-ring (bicyclic) bond motifs is 1. The van der Waals surface area contributed by atoms with Crippen LogP contribution in [-0.4, -0.2) is 46.2 Å². The number of nitrogens with zero attached hydrogens (tertiary/aromatic N) is 3. The van der Waals surface area contributed by atoms with Crippen molar-refractivity contribution in [2.24, 2.45) is 0 Å². The number of benzene rings is 1. The van der Waals surface area contributed by atoms with Crippen LogP contribution < -0.4 is 0 Å². The van der Waals surface area contributed by atoms with E-state index in [1.54, 1.807) is 36.5 Å². The number of rotatable bonds is 7. The van der Waals surface area contributed by atoms with Crippen molar-refractivity contribution >= 4 is 11.6 Å². The Bertz CT molecular complexity index is 994. The summed E-state index contributed by atoms with van der Waals surface area (Å²) in [5.74, 6) is 0.474. The smallest absolute Gasteiger partial charge is 0.273 e. The highest BCUT2D eigenvalue weighted by Gasteiger charge is 2.43. The maximum absolute atomic E-state index is 13.0. The molecule has 9 heteroatoms. The molecule has 3 aromatic rings. The standard InChI is InChI=1S/C19H18N4O5/c1-27-10-3-9-22-18(14-4-2-11-28-14)15-16(20-21-17(15)19(22)24)12-5-7-13(8-6-12)23(25)26/h2,4-8,11,18H,3,9-10H2,1H3,(H,20,21). The summed E-state index contributed by atoms with van der Waals surface area (Å²) < 4.78 is 10.7. The molecule has 0 saturated carbocycles. The van der Waals surface area contributed by atoms with E-state index in [9.17, 15) is 14.9 Å². The number of nitro benzene ring substituents is 1. The first-order valence-electron chi connectivity index (χ1n) is 8.78. The highest BCUT2D eigenvalue weighted by molar-refractivity contribution is 6.00. The lowest BCUT2D eigenvalue weighted by molar-refractivity contribution is -0.384. The van der Waals surface area contributed by atoms with Gasteiger partial charge in [0.15, 0.2) is 0 Å². The molecule has 1 aliphatic heterocycles. The summed E-state index contributed by atoms with van der Waals surface area (Å²) in [7, 11) is 1.62. The largest absolute Gasteiger partial charge is 0.467 e. The summed E-state index contributed by atoms with van der Waals surface area (Å²) in [6.45, 7) is 1.04. The van der Waals surface area contributed by atoms with E-state index in [1.807, 2.05) is 6.07 Å². The lowest BCUT2D eigenvalue weighted by Gasteiger charge is -2.24. The summed E-state index contributed by atoms with van der Waals surface area (Å²) in [6.07, 6.45) is 2.25. The molecule has 144 valence electrons. The van der Waals surface area contributed by atoms with Gasteiger partial charge in [0.05, 0.1) is 16.9 Å². The second-order valence-electron chi connectivity index (χ2n) is 6.43. The van der Waals surface area contributed by atoms with Crippen LogP contribution in [0.3, 0.4) is 0 Å². The van der Waals surface area contributed by atoms with Crippen molar-refractivity contribution < 1.29 is 18.9 Å². The highest BCUT2D eigenvalue weighted by atomic mass is 16.6. The van der Waals surface area contributed by atoms with Gasteiger partial charge in [-0.05, 0) is 30.7 Å². The minimum atomic E-state index is -0.453. The van der Waals surface area contributed by atoms with Crippen LogP contribution in [0.25, 0.3) is 11.3 Å². The van der Waals surface area contributed by atoms with Crippen LogP contribution >= 0.6 is 0 Å². The molecule has 1 aliphatic rings. The van der Waals surface area contributed by atoms with Gasteiger partial charge in [0, 0.05) is 43.5 Å². The summed E-state index contributed by atoms with van der Waals surface area (Å²) in [5, 5.41) is 18.1. The van der Waals surface area contributed by atoms with Crippen LogP contribution in [0.5, 0.6) is 0 Å². The molecule has 9 nitrogen and oxygen atoms in total. The molecule has 28 heavy (non-hydrogen) atoms. The van der Waals surface area contributed by atoms with Crippen molar-refractivity contribution in [3.8, 4) is 11.3 Å². The van der Waals surface area contributed by atoms with E-state index in [1.165, 1.54) is 12.1 Å². The molecule has 1 amide bonds. The van der Waals surface area contributed by atoms with Gasteiger partial charge in [0.2, 0.25) is 0 Å². The van der Waals surface area contributed by atoms with Crippen LogP contribution in [0.4, 0.5) is 5.69 Å². The number of amides is 1. The highest BCUT2D eigenvalue weighted by Crippen LogP contribution is 2.43. The van der Waals surface area contributed by atoms with Gasteiger partial charge in [-0.1, -0.05) is 0 Å². The predicted octanol–water partition coefficient (Wildman–Crippen LogP) is 3.16. The topological polar surface area (TPSA) is 114 Å². The van der Waals surface area contributed by atoms with E-state index in [0.717, 1.165) is 0 Å². The third-order valence-electron chi connectivity index (χ3n) is 4.78. The zero-order valence-electron chi connectivity index (χ0n) is 15.1. The normalized spacial score (nSPS) is 15.8. The third kappa shape index (κ3) is 2.95. The number of aromatic amines is 1. The fourth-order valence-corrected chi connectivity index (χ4v) is 3.51. The molecule has 0 spiro atoms. The molecule has 2 aromatic heterocycles. The SMILES string of the molecule is COCCCN1C(=O)c2[nH]nc(-c3ccc([N+](=O)[O-])cc3)c2C1c1ccco1. The number of hydrogen-bond donors (Lipinski definition) is 1. The minimum absolute atomic E-state index is 0.00390. The maximum atomic E-state index is 13.0. The first-order valence-corrected chi connectivity index (χ1v) is 8.78. The monoisotopic (exact) mass is 382 g/mol. The number of aromatic nitrogens is 2. The van der Waals surface area contributed by atoms with Crippen molar-refractivity contribution in [3.63, 3.8) is 0 Å². The molecule has 1 aromatic carbocycles. The van der Waals surface area contributed by atoms with E-state index >= 15 is 0 Å².